The Bertz CT molecular complexity index is 582. The Morgan fingerprint density at radius 3 is 2.81 bits per heavy atom. The number of benzene rings is 1. The van der Waals surface area contributed by atoms with Gasteiger partial charge in [0.05, 0.1) is 17.7 Å². The SMILES string of the molecule is O=C1CCCC(C(=O)c2cc(Br)c3c(c2)OCCCO3)C1. The average Bonchev–Trinajstić information content (AvgIpc) is 2.72. The van der Waals surface area contributed by atoms with Crippen molar-refractivity contribution in [3.05, 3.63) is 22.2 Å². The van der Waals surface area contributed by atoms with E-state index in [0.717, 1.165) is 23.7 Å². The van der Waals surface area contributed by atoms with Crippen molar-refractivity contribution < 1.29 is 19.1 Å². The van der Waals surface area contributed by atoms with Crippen molar-refractivity contribution in [3.63, 3.8) is 0 Å². The lowest BCUT2D eigenvalue weighted by Crippen LogP contribution is -2.23. The fraction of sp³-hybridized carbons (Fsp3) is 0.500. The van der Waals surface area contributed by atoms with Gasteiger partial charge in [0.2, 0.25) is 0 Å². The van der Waals surface area contributed by atoms with Gasteiger partial charge in [0, 0.05) is 30.7 Å². The number of carbonyl (C=O) groups is 2. The van der Waals surface area contributed by atoms with Crippen molar-refractivity contribution in [2.45, 2.75) is 32.1 Å². The highest BCUT2D eigenvalue weighted by molar-refractivity contribution is 9.10. The zero-order valence-corrected chi connectivity index (χ0v) is 13.3. The Balaban J connectivity index is 1.88. The number of Topliss-reactive ketones (excluding diaryl/α,β-unsaturated/α-hetero) is 2. The second-order valence-electron chi connectivity index (χ2n) is 5.53. The minimum absolute atomic E-state index is 0.0272. The van der Waals surface area contributed by atoms with Gasteiger partial charge >= 0.3 is 0 Å². The highest BCUT2D eigenvalue weighted by atomic mass is 79.9. The van der Waals surface area contributed by atoms with E-state index < -0.39 is 0 Å². The molecule has 21 heavy (non-hydrogen) atoms. The summed E-state index contributed by atoms with van der Waals surface area (Å²) < 4.78 is 12.0. The normalized spacial score (nSPS) is 21.8. The molecule has 0 spiro atoms. The van der Waals surface area contributed by atoms with Crippen LogP contribution in [0.3, 0.4) is 0 Å². The molecule has 0 bridgehead atoms. The molecule has 1 aromatic rings. The summed E-state index contributed by atoms with van der Waals surface area (Å²) in [4.78, 5) is 24.1. The van der Waals surface area contributed by atoms with E-state index >= 15 is 0 Å². The Hall–Kier alpha value is -1.36. The molecule has 5 heteroatoms. The van der Waals surface area contributed by atoms with Crippen LogP contribution < -0.4 is 9.47 Å². The fourth-order valence-corrected chi connectivity index (χ4v) is 3.41. The topological polar surface area (TPSA) is 52.6 Å². The Labute approximate surface area is 131 Å². The van der Waals surface area contributed by atoms with Gasteiger partial charge in [-0.05, 0) is 40.9 Å². The first-order valence-electron chi connectivity index (χ1n) is 7.30. The molecule has 1 fully saturated rings. The molecule has 1 heterocycles. The number of hydrogen-bond donors (Lipinski definition) is 0. The summed E-state index contributed by atoms with van der Waals surface area (Å²) in [6, 6.07) is 3.52. The summed E-state index contributed by atoms with van der Waals surface area (Å²) in [7, 11) is 0. The van der Waals surface area contributed by atoms with Gasteiger partial charge in [0.15, 0.2) is 17.3 Å². The third-order valence-electron chi connectivity index (χ3n) is 3.94. The molecule has 1 atom stereocenters. The number of rotatable bonds is 2. The van der Waals surface area contributed by atoms with Gasteiger partial charge in [0.25, 0.3) is 0 Å². The molecule has 1 aromatic carbocycles. The molecule has 0 amide bonds. The van der Waals surface area contributed by atoms with E-state index in [1.807, 2.05) is 0 Å². The van der Waals surface area contributed by atoms with E-state index in [1.54, 1.807) is 12.1 Å². The van der Waals surface area contributed by atoms with Crippen LogP contribution in [0.15, 0.2) is 16.6 Å². The monoisotopic (exact) mass is 352 g/mol. The molecule has 112 valence electrons. The summed E-state index contributed by atoms with van der Waals surface area (Å²) in [5.41, 5.74) is 0.589. The summed E-state index contributed by atoms with van der Waals surface area (Å²) in [6.07, 6.45) is 3.39. The van der Waals surface area contributed by atoms with Crippen LogP contribution in [-0.4, -0.2) is 24.8 Å². The van der Waals surface area contributed by atoms with Crippen molar-refractivity contribution in [2.24, 2.45) is 5.92 Å². The van der Waals surface area contributed by atoms with Gasteiger partial charge in [0.1, 0.15) is 5.78 Å². The third-order valence-corrected chi connectivity index (χ3v) is 4.53. The lowest BCUT2D eigenvalue weighted by Gasteiger charge is -2.20. The minimum Gasteiger partial charge on any atom is -0.489 e. The summed E-state index contributed by atoms with van der Waals surface area (Å²) in [5, 5.41) is 0. The maximum absolute atomic E-state index is 12.6. The molecule has 1 aliphatic heterocycles. The summed E-state index contributed by atoms with van der Waals surface area (Å²) in [6.45, 7) is 1.19. The van der Waals surface area contributed by atoms with E-state index in [2.05, 4.69) is 15.9 Å². The maximum atomic E-state index is 12.6. The van der Waals surface area contributed by atoms with Gasteiger partial charge in [-0.15, -0.1) is 0 Å². The molecule has 3 rings (SSSR count). The number of carbonyl (C=O) groups excluding carboxylic acids is 2. The number of ketones is 2. The van der Waals surface area contributed by atoms with Gasteiger partial charge < -0.3 is 9.47 Å². The highest BCUT2D eigenvalue weighted by Gasteiger charge is 2.28. The second kappa shape index (κ2) is 6.18. The third kappa shape index (κ3) is 3.12. The molecule has 2 aliphatic rings. The van der Waals surface area contributed by atoms with Crippen molar-refractivity contribution in [1.29, 1.82) is 0 Å². The van der Waals surface area contributed by atoms with Crippen LogP contribution in [0.1, 0.15) is 42.5 Å². The summed E-state index contributed by atoms with van der Waals surface area (Å²) >= 11 is 3.45. The van der Waals surface area contributed by atoms with E-state index in [4.69, 9.17) is 9.47 Å². The molecule has 1 aliphatic carbocycles. The van der Waals surface area contributed by atoms with Crippen molar-refractivity contribution in [1.82, 2.24) is 0 Å². The standard InChI is InChI=1S/C16H17BrO4/c17-13-8-11(9-14-16(13)21-6-2-5-20-14)15(19)10-3-1-4-12(18)7-10/h8-10H,1-7H2. The first-order valence-corrected chi connectivity index (χ1v) is 8.09. The molecular formula is C16H17BrO4. The lowest BCUT2D eigenvalue weighted by molar-refractivity contribution is -0.121. The average molecular weight is 353 g/mol. The smallest absolute Gasteiger partial charge is 0.175 e. The van der Waals surface area contributed by atoms with E-state index in [9.17, 15) is 9.59 Å². The van der Waals surface area contributed by atoms with Crippen molar-refractivity contribution >= 4 is 27.5 Å². The molecule has 0 aromatic heterocycles. The summed E-state index contributed by atoms with van der Waals surface area (Å²) in [5.74, 6) is 1.28. The van der Waals surface area contributed by atoms with Crippen LogP contribution in [0.25, 0.3) is 0 Å². The van der Waals surface area contributed by atoms with Crippen molar-refractivity contribution in [2.75, 3.05) is 13.2 Å². The first kappa shape index (κ1) is 14.6. The molecular weight excluding hydrogens is 336 g/mol. The van der Waals surface area contributed by atoms with Crippen LogP contribution in [0.2, 0.25) is 0 Å². The minimum atomic E-state index is -0.192. The molecule has 0 radical (unpaired) electrons. The Kier molecular flexibility index (Phi) is 4.29. The van der Waals surface area contributed by atoms with Gasteiger partial charge in [-0.3, -0.25) is 9.59 Å². The predicted octanol–water partition coefficient (Wildman–Crippen LogP) is 3.55. The highest BCUT2D eigenvalue weighted by Crippen LogP contribution is 2.39. The molecule has 0 N–H and O–H groups in total. The number of halogens is 1. The number of fused-ring (bicyclic) bond motifs is 1. The van der Waals surface area contributed by atoms with Crippen LogP contribution in [0, 0.1) is 5.92 Å². The fourth-order valence-electron chi connectivity index (χ4n) is 2.86. The van der Waals surface area contributed by atoms with Crippen LogP contribution in [-0.2, 0) is 4.79 Å². The Morgan fingerprint density at radius 2 is 2.00 bits per heavy atom. The molecule has 4 nitrogen and oxygen atoms in total. The van der Waals surface area contributed by atoms with E-state index in [-0.39, 0.29) is 17.5 Å². The molecule has 1 saturated carbocycles. The zero-order chi connectivity index (χ0) is 14.8. The number of ether oxygens (including phenoxy) is 2. The predicted molar refractivity (Wildman–Crippen MR) is 81.0 cm³/mol. The van der Waals surface area contributed by atoms with Gasteiger partial charge in [-0.2, -0.15) is 0 Å². The zero-order valence-electron chi connectivity index (χ0n) is 11.7. The first-order chi connectivity index (χ1) is 10.1. The van der Waals surface area contributed by atoms with E-state index in [1.165, 1.54) is 0 Å². The Morgan fingerprint density at radius 1 is 1.19 bits per heavy atom. The lowest BCUT2D eigenvalue weighted by atomic mass is 9.83. The van der Waals surface area contributed by atoms with Crippen LogP contribution in [0.5, 0.6) is 11.5 Å². The molecule has 0 saturated heterocycles. The number of hydrogen-bond acceptors (Lipinski definition) is 4. The van der Waals surface area contributed by atoms with Gasteiger partial charge in [-0.25, -0.2) is 0 Å². The van der Waals surface area contributed by atoms with Crippen molar-refractivity contribution in [3.8, 4) is 11.5 Å². The quantitative estimate of drug-likeness (QED) is 0.763. The largest absolute Gasteiger partial charge is 0.489 e. The van der Waals surface area contributed by atoms with Crippen LogP contribution >= 0.6 is 15.9 Å². The second-order valence-corrected chi connectivity index (χ2v) is 6.39. The van der Waals surface area contributed by atoms with Gasteiger partial charge in [-0.1, -0.05) is 0 Å². The van der Waals surface area contributed by atoms with E-state index in [0.29, 0.717) is 43.1 Å². The van der Waals surface area contributed by atoms with Crippen LogP contribution in [0.4, 0.5) is 0 Å². The molecule has 1 unspecified atom stereocenters. The maximum Gasteiger partial charge on any atom is 0.175 e.